The molecule has 45 heavy (non-hydrogen) atoms. The average Bonchev–Trinajstić information content (AvgIpc) is 3.38. The van der Waals surface area contributed by atoms with Crippen molar-refractivity contribution in [2.24, 2.45) is 0 Å². The van der Waals surface area contributed by atoms with Gasteiger partial charge in [-0.2, -0.15) is 0 Å². The third-order valence-corrected chi connectivity index (χ3v) is 9.39. The third kappa shape index (κ3) is 13.0. The molecule has 1 aliphatic rings. The molecule has 3 heteroatoms. The Hall–Kier alpha value is -1.99. The first-order chi connectivity index (χ1) is 21.5. The predicted molar refractivity (Wildman–Crippen MR) is 193 cm³/mol. The molecule has 2 nitrogen and oxygen atoms in total. The molecule has 0 atom stereocenters. The first kappa shape index (κ1) is 39.2. The van der Waals surface area contributed by atoms with Gasteiger partial charge in [0.15, 0.2) is 0 Å². The van der Waals surface area contributed by atoms with E-state index in [0.717, 1.165) is 43.5 Å². The van der Waals surface area contributed by atoms with Gasteiger partial charge in [0.1, 0.15) is 0 Å². The van der Waals surface area contributed by atoms with E-state index >= 15 is 0 Å². The number of nitrogens with zero attached hydrogens (tertiary/aromatic N) is 2. The zero-order valence-electron chi connectivity index (χ0n) is 29.6. The Morgan fingerprint density at radius 2 is 0.822 bits per heavy atom. The Labute approximate surface area is 288 Å². The fraction of sp³-hybridized carbons (Fsp3) is 0.619. The van der Waals surface area contributed by atoms with Crippen LogP contribution in [0.3, 0.4) is 0 Å². The number of hydrogen-bond donors (Lipinski definition) is 0. The minimum absolute atomic E-state index is 0. The zero-order chi connectivity index (χ0) is 31.6. The summed E-state index contributed by atoms with van der Waals surface area (Å²) in [5.74, 6) is 0. The molecule has 3 rings (SSSR count). The Morgan fingerprint density at radius 1 is 0.467 bits per heavy atom. The maximum atomic E-state index is 11.9. The van der Waals surface area contributed by atoms with Gasteiger partial charge in [-0.1, -0.05) is 124 Å². The van der Waals surface area contributed by atoms with Gasteiger partial charge in [0, 0.05) is 39.3 Å². The molecule has 0 aromatic heterocycles. The summed E-state index contributed by atoms with van der Waals surface area (Å²) in [5, 5.41) is 0. The van der Waals surface area contributed by atoms with Crippen LogP contribution < -0.4 is 0 Å². The maximum absolute atomic E-state index is 11.9. The molecule has 0 radical (unpaired) electrons. The largest absolute Gasteiger partial charge is 0.493 e. The van der Waals surface area contributed by atoms with Crippen molar-refractivity contribution in [3.63, 3.8) is 0 Å². The number of rotatable bonds is 23. The topological polar surface area (TPSA) is 25.3 Å². The number of unbranched alkanes of at least 4 members (excludes halogenated alkanes) is 12. The molecule has 0 fully saturated rings. The molecular formula is C42H64N2Ni. The predicted octanol–water partition coefficient (Wildman–Crippen LogP) is 13.4. The van der Waals surface area contributed by atoms with Crippen LogP contribution in [0, 0.1) is 0 Å². The SMILES string of the molecule is CCCCCCc1cc(CCCCCC)cc(C2=CC(CC)=C(c3cc(CCCCCC)cc(CCCCCC)c3)[N+]2=[N-])c1.[Ni]. The number of aryl methyl sites for hydroxylation is 4. The van der Waals surface area contributed by atoms with Gasteiger partial charge in [0.25, 0.3) is 0 Å². The van der Waals surface area contributed by atoms with Crippen molar-refractivity contribution in [3.8, 4) is 0 Å². The van der Waals surface area contributed by atoms with Crippen LogP contribution in [0.5, 0.6) is 0 Å². The van der Waals surface area contributed by atoms with E-state index in [1.54, 1.807) is 0 Å². The molecule has 0 amide bonds. The first-order valence-corrected chi connectivity index (χ1v) is 18.7. The molecule has 0 spiro atoms. The van der Waals surface area contributed by atoms with Gasteiger partial charge in [0.2, 0.25) is 11.4 Å². The quantitative estimate of drug-likeness (QED) is 0.0647. The summed E-state index contributed by atoms with van der Waals surface area (Å²) in [6, 6.07) is 14.4. The molecule has 2 aromatic rings. The van der Waals surface area contributed by atoms with Gasteiger partial charge < -0.3 is 5.53 Å². The Bertz CT molecular complexity index is 1160. The second-order valence-electron chi connectivity index (χ2n) is 13.4. The number of hydrogen-bond acceptors (Lipinski definition) is 0. The fourth-order valence-corrected chi connectivity index (χ4v) is 6.74. The zero-order valence-corrected chi connectivity index (χ0v) is 30.6. The van der Waals surface area contributed by atoms with Crippen molar-refractivity contribution in [3.05, 3.63) is 87.0 Å². The van der Waals surface area contributed by atoms with E-state index in [-0.39, 0.29) is 16.5 Å². The summed E-state index contributed by atoms with van der Waals surface area (Å²) < 4.78 is 1.53. The van der Waals surface area contributed by atoms with Crippen LogP contribution in [0.1, 0.15) is 177 Å². The van der Waals surface area contributed by atoms with E-state index in [1.807, 2.05) is 0 Å². The molecule has 0 unspecified atom stereocenters. The van der Waals surface area contributed by atoms with Gasteiger partial charge in [-0.25, -0.2) is 4.70 Å². The standard InChI is InChI=1S/C42H64N2.Ni/c1-6-11-15-19-23-34-27-35(24-20-16-12-7-2)30-39(29-34)41-33-38(10-5)42(44(41)43)40-31-36(25-21-17-13-8-3)28-37(32-40)26-22-18-14-9-4;/h27-33H,6-26H2,1-5H3;. The summed E-state index contributed by atoms with van der Waals surface area (Å²) in [4.78, 5) is 0. The molecule has 252 valence electrons. The molecule has 2 aromatic carbocycles. The van der Waals surface area contributed by atoms with Gasteiger partial charge >= 0.3 is 0 Å². The molecule has 0 saturated carbocycles. The van der Waals surface area contributed by atoms with Crippen molar-refractivity contribution in [2.45, 2.75) is 169 Å². The normalized spacial score (nSPS) is 13.0. The summed E-state index contributed by atoms with van der Waals surface area (Å²) >= 11 is 0. The van der Waals surface area contributed by atoms with Gasteiger partial charge in [-0.15, -0.1) is 0 Å². The molecule has 0 bridgehead atoms. The number of allylic oxidation sites excluding steroid dienone is 2. The van der Waals surface area contributed by atoms with Gasteiger partial charge in [-0.3, -0.25) is 0 Å². The van der Waals surface area contributed by atoms with Gasteiger partial charge in [-0.05, 0) is 104 Å². The van der Waals surface area contributed by atoms with E-state index < -0.39 is 0 Å². The second-order valence-corrected chi connectivity index (χ2v) is 13.4. The minimum Gasteiger partial charge on any atom is -0.493 e. The third-order valence-electron chi connectivity index (χ3n) is 9.39. The van der Waals surface area contributed by atoms with E-state index in [2.05, 4.69) is 77.1 Å². The van der Waals surface area contributed by atoms with Crippen LogP contribution in [0.2, 0.25) is 0 Å². The van der Waals surface area contributed by atoms with Crippen molar-refractivity contribution >= 4 is 11.4 Å². The fourth-order valence-electron chi connectivity index (χ4n) is 6.74. The molecule has 0 saturated heterocycles. The van der Waals surface area contributed by atoms with E-state index in [1.165, 1.54) is 146 Å². The van der Waals surface area contributed by atoms with Crippen molar-refractivity contribution < 1.29 is 21.2 Å². The summed E-state index contributed by atoms with van der Waals surface area (Å²) in [5.41, 5.74) is 23.1. The summed E-state index contributed by atoms with van der Waals surface area (Å²) in [6.45, 7) is 11.4. The van der Waals surface area contributed by atoms with E-state index in [4.69, 9.17) is 0 Å². The number of benzene rings is 2. The summed E-state index contributed by atoms with van der Waals surface area (Å²) in [7, 11) is 0. The molecule has 1 aliphatic heterocycles. The van der Waals surface area contributed by atoms with E-state index in [0.29, 0.717) is 0 Å². The van der Waals surface area contributed by atoms with Crippen LogP contribution in [-0.4, -0.2) is 4.70 Å². The molecule has 0 aliphatic carbocycles. The van der Waals surface area contributed by atoms with Crippen molar-refractivity contribution in [1.82, 2.24) is 0 Å². The monoisotopic (exact) mass is 654 g/mol. The van der Waals surface area contributed by atoms with Crippen LogP contribution in [0.4, 0.5) is 0 Å². The van der Waals surface area contributed by atoms with Crippen LogP contribution in [0.25, 0.3) is 16.9 Å². The first-order valence-electron chi connectivity index (χ1n) is 18.7. The summed E-state index contributed by atoms with van der Waals surface area (Å²) in [6.07, 6.45) is 28.1. The van der Waals surface area contributed by atoms with Crippen molar-refractivity contribution in [2.75, 3.05) is 0 Å². The smallest absolute Gasteiger partial charge is 0.210 e. The van der Waals surface area contributed by atoms with Crippen LogP contribution in [0.15, 0.2) is 48.0 Å². The Morgan fingerprint density at radius 3 is 1.16 bits per heavy atom. The Kier molecular flexibility index (Phi) is 19.6. The minimum atomic E-state index is 0. The molecule has 0 N–H and O–H groups in total. The maximum Gasteiger partial charge on any atom is 0.210 e. The van der Waals surface area contributed by atoms with Crippen molar-refractivity contribution in [1.29, 1.82) is 0 Å². The molecular weight excluding hydrogens is 591 g/mol. The van der Waals surface area contributed by atoms with Crippen LogP contribution in [-0.2, 0) is 42.2 Å². The average molecular weight is 656 g/mol. The molecule has 1 heterocycles. The second kappa shape index (κ2) is 22.5. The van der Waals surface area contributed by atoms with Crippen LogP contribution >= 0.6 is 0 Å². The van der Waals surface area contributed by atoms with Gasteiger partial charge in [0.05, 0.1) is 0 Å². The Balaban J connectivity index is 0.00000705. The van der Waals surface area contributed by atoms with E-state index in [9.17, 15) is 5.53 Å².